The number of hydrogen-bond donors (Lipinski definition) is 0. The second kappa shape index (κ2) is 5.10. The van der Waals surface area contributed by atoms with Crippen LogP contribution in [-0.2, 0) is 16.1 Å². The minimum absolute atomic E-state index is 0.538. The van der Waals surface area contributed by atoms with Crippen molar-refractivity contribution in [3.8, 4) is 0 Å². The summed E-state index contributed by atoms with van der Waals surface area (Å²) in [6.45, 7) is 8.06. The van der Waals surface area contributed by atoms with E-state index in [1.807, 2.05) is 38.1 Å². The van der Waals surface area contributed by atoms with Crippen LogP contribution in [0, 0.1) is 0 Å². The van der Waals surface area contributed by atoms with Crippen molar-refractivity contribution in [1.82, 2.24) is 0 Å². The smallest absolute Gasteiger partial charge is 0.162 e. The second-order valence-electron chi connectivity index (χ2n) is 3.84. The van der Waals surface area contributed by atoms with Crippen LogP contribution in [0.25, 0.3) is 6.08 Å². The lowest BCUT2D eigenvalue weighted by molar-refractivity contribution is -0.204. The van der Waals surface area contributed by atoms with E-state index in [0.717, 1.165) is 11.1 Å². The maximum absolute atomic E-state index is 5.61. The van der Waals surface area contributed by atoms with Crippen molar-refractivity contribution in [2.45, 2.75) is 26.2 Å². The Kier molecular flexibility index (Phi) is 4.06. The number of rotatable bonds is 5. The van der Waals surface area contributed by atoms with Crippen LogP contribution in [0.2, 0.25) is 0 Å². The van der Waals surface area contributed by atoms with E-state index in [1.165, 1.54) is 0 Å². The molecule has 0 atom stereocenters. The summed E-state index contributed by atoms with van der Waals surface area (Å²) < 4.78 is 10.8. The zero-order valence-electron chi connectivity index (χ0n) is 9.62. The first-order valence-corrected chi connectivity index (χ1v) is 4.98. The normalized spacial score (nSPS) is 11.4. The molecule has 0 amide bonds. The van der Waals surface area contributed by atoms with Crippen LogP contribution in [-0.4, -0.2) is 12.9 Å². The van der Waals surface area contributed by atoms with Crippen LogP contribution >= 0.6 is 0 Å². The predicted octanol–water partition coefficient (Wildman–Crippen LogP) is 3.23. The van der Waals surface area contributed by atoms with E-state index in [9.17, 15) is 0 Å². The Labute approximate surface area is 91.5 Å². The lowest BCUT2D eigenvalue weighted by Crippen LogP contribution is -2.26. The highest BCUT2D eigenvalue weighted by Crippen LogP contribution is 2.14. The molecule has 0 aliphatic rings. The third kappa shape index (κ3) is 3.86. The van der Waals surface area contributed by atoms with Gasteiger partial charge in [-0.2, -0.15) is 0 Å². The van der Waals surface area contributed by atoms with Gasteiger partial charge in [0.15, 0.2) is 5.79 Å². The first-order valence-electron chi connectivity index (χ1n) is 4.98. The highest BCUT2D eigenvalue weighted by Gasteiger charge is 2.16. The standard InChI is InChI=1S/C13H18O2/c1-5-11-7-6-8-12(9-11)10-15-13(2,3)14-4/h5-9H,1,10H2,2-4H3. The van der Waals surface area contributed by atoms with Crippen molar-refractivity contribution in [1.29, 1.82) is 0 Å². The molecule has 0 spiro atoms. The van der Waals surface area contributed by atoms with Crippen molar-refractivity contribution in [3.63, 3.8) is 0 Å². The molecule has 2 nitrogen and oxygen atoms in total. The largest absolute Gasteiger partial charge is 0.354 e. The Bertz CT molecular complexity index is 329. The van der Waals surface area contributed by atoms with E-state index in [4.69, 9.17) is 9.47 Å². The fourth-order valence-corrected chi connectivity index (χ4v) is 1.13. The SMILES string of the molecule is C=Cc1cccc(COC(C)(C)OC)c1. The van der Waals surface area contributed by atoms with Gasteiger partial charge >= 0.3 is 0 Å². The summed E-state index contributed by atoms with van der Waals surface area (Å²) in [6, 6.07) is 8.09. The average molecular weight is 206 g/mol. The molecule has 0 aliphatic carbocycles. The summed E-state index contributed by atoms with van der Waals surface area (Å²) >= 11 is 0. The first-order chi connectivity index (χ1) is 7.07. The zero-order chi connectivity index (χ0) is 11.3. The second-order valence-corrected chi connectivity index (χ2v) is 3.84. The molecule has 0 aliphatic heterocycles. The Balaban J connectivity index is 2.61. The predicted molar refractivity (Wildman–Crippen MR) is 62.4 cm³/mol. The minimum Gasteiger partial charge on any atom is -0.354 e. The van der Waals surface area contributed by atoms with E-state index in [0.29, 0.717) is 6.61 Å². The van der Waals surface area contributed by atoms with Crippen molar-refractivity contribution in [3.05, 3.63) is 42.0 Å². The lowest BCUT2D eigenvalue weighted by Gasteiger charge is -2.23. The highest BCUT2D eigenvalue weighted by molar-refractivity contribution is 5.47. The van der Waals surface area contributed by atoms with Crippen LogP contribution in [0.3, 0.4) is 0 Å². The third-order valence-electron chi connectivity index (χ3n) is 2.26. The quantitative estimate of drug-likeness (QED) is 0.689. The molecule has 0 radical (unpaired) electrons. The molecule has 2 heteroatoms. The van der Waals surface area contributed by atoms with Gasteiger partial charge < -0.3 is 9.47 Å². The Morgan fingerprint density at radius 2 is 2.13 bits per heavy atom. The maximum Gasteiger partial charge on any atom is 0.162 e. The Morgan fingerprint density at radius 1 is 1.40 bits per heavy atom. The number of benzene rings is 1. The summed E-state index contributed by atoms with van der Waals surface area (Å²) in [6.07, 6.45) is 1.82. The van der Waals surface area contributed by atoms with Crippen LogP contribution in [0.4, 0.5) is 0 Å². The fraction of sp³-hybridized carbons (Fsp3) is 0.385. The molecule has 0 saturated carbocycles. The summed E-state index contributed by atoms with van der Waals surface area (Å²) in [5, 5.41) is 0. The molecule has 0 saturated heterocycles. The van der Waals surface area contributed by atoms with E-state index >= 15 is 0 Å². The molecule has 1 aromatic carbocycles. The van der Waals surface area contributed by atoms with Gasteiger partial charge in [-0.1, -0.05) is 30.9 Å². The summed E-state index contributed by atoms with van der Waals surface area (Å²) in [4.78, 5) is 0. The molecular weight excluding hydrogens is 188 g/mol. The Morgan fingerprint density at radius 3 is 2.73 bits per heavy atom. The molecule has 0 aromatic heterocycles. The summed E-state index contributed by atoms with van der Waals surface area (Å²) in [5.41, 5.74) is 2.23. The molecule has 0 bridgehead atoms. The maximum atomic E-state index is 5.61. The molecular formula is C13H18O2. The molecule has 1 rings (SSSR count). The van der Waals surface area contributed by atoms with Gasteiger partial charge in [-0.3, -0.25) is 0 Å². The highest BCUT2D eigenvalue weighted by atomic mass is 16.7. The van der Waals surface area contributed by atoms with Crippen LogP contribution in [0.5, 0.6) is 0 Å². The van der Waals surface area contributed by atoms with E-state index in [1.54, 1.807) is 7.11 Å². The van der Waals surface area contributed by atoms with E-state index in [2.05, 4.69) is 12.6 Å². The molecule has 0 fully saturated rings. The fourth-order valence-electron chi connectivity index (χ4n) is 1.13. The van der Waals surface area contributed by atoms with E-state index < -0.39 is 5.79 Å². The van der Waals surface area contributed by atoms with Gasteiger partial charge in [0.2, 0.25) is 0 Å². The van der Waals surface area contributed by atoms with Gasteiger partial charge in [0.05, 0.1) is 6.61 Å². The van der Waals surface area contributed by atoms with Crippen molar-refractivity contribution in [2.75, 3.05) is 7.11 Å². The van der Waals surface area contributed by atoms with Crippen LogP contribution in [0.1, 0.15) is 25.0 Å². The van der Waals surface area contributed by atoms with Gasteiger partial charge in [0.25, 0.3) is 0 Å². The van der Waals surface area contributed by atoms with Gasteiger partial charge in [0.1, 0.15) is 0 Å². The molecule has 15 heavy (non-hydrogen) atoms. The molecule has 0 N–H and O–H groups in total. The van der Waals surface area contributed by atoms with Gasteiger partial charge in [-0.05, 0) is 31.0 Å². The van der Waals surface area contributed by atoms with Gasteiger partial charge in [-0.25, -0.2) is 0 Å². The molecule has 82 valence electrons. The average Bonchev–Trinajstić information content (AvgIpc) is 2.27. The number of methoxy groups -OCH3 is 1. The van der Waals surface area contributed by atoms with Gasteiger partial charge in [0, 0.05) is 7.11 Å². The molecule has 1 aromatic rings. The van der Waals surface area contributed by atoms with Crippen molar-refractivity contribution >= 4 is 6.08 Å². The lowest BCUT2D eigenvalue weighted by atomic mass is 10.1. The van der Waals surface area contributed by atoms with E-state index in [-0.39, 0.29) is 0 Å². The minimum atomic E-state index is -0.538. The Hall–Kier alpha value is -1.12. The van der Waals surface area contributed by atoms with Crippen LogP contribution in [0.15, 0.2) is 30.8 Å². The monoisotopic (exact) mass is 206 g/mol. The molecule has 0 heterocycles. The first kappa shape index (κ1) is 12.0. The number of ether oxygens (including phenoxy) is 2. The zero-order valence-corrected chi connectivity index (χ0v) is 9.62. The number of hydrogen-bond acceptors (Lipinski definition) is 2. The van der Waals surface area contributed by atoms with Crippen LogP contribution < -0.4 is 0 Å². The van der Waals surface area contributed by atoms with Crippen molar-refractivity contribution in [2.24, 2.45) is 0 Å². The third-order valence-corrected chi connectivity index (χ3v) is 2.26. The summed E-state index contributed by atoms with van der Waals surface area (Å²) in [7, 11) is 1.64. The summed E-state index contributed by atoms with van der Waals surface area (Å²) in [5.74, 6) is -0.538. The van der Waals surface area contributed by atoms with Crippen molar-refractivity contribution < 1.29 is 9.47 Å². The topological polar surface area (TPSA) is 18.5 Å². The molecule has 0 unspecified atom stereocenters. The van der Waals surface area contributed by atoms with Gasteiger partial charge in [-0.15, -0.1) is 0 Å².